The Morgan fingerprint density at radius 1 is 1.53 bits per heavy atom. The van der Waals surface area contributed by atoms with Crippen LogP contribution < -0.4 is 11.5 Å². The van der Waals surface area contributed by atoms with Gasteiger partial charge in [0.05, 0.1) is 11.6 Å². The van der Waals surface area contributed by atoms with Gasteiger partial charge < -0.3 is 15.3 Å². The summed E-state index contributed by atoms with van der Waals surface area (Å²) in [6, 6.07) is 5.28. The van der Waals surface area contributed by atoms with Gasteiger partial charge in [-0.1, -0.05) is 6.07 Å². The van der Waals surface area contributed by atoms with Crippen molar-refractivity contribution in [2.75, 3.05) is 6.54 Å². The quantitative estimate of drug-likeness (QED) is 0.661. The van der Waals surface area contributed by atoms with Crippen molar-refractivity contribution in [2.45, 2.75) is 12.5 Å². The van der Waals surface area contributed by atoms with Crippen molar-refractivity contribution in [3.8, 4) is 0 Å². The van der Waals surface area contributed by atoms with E-state index in [-0.39, 0.29) is 6.54 Å². The summed E-state index contributed by atoms with van der Waals surface area (Å²) in [5.41, 5.74) is 7.38. The predicted octanol–water partition coefficient (Wildman–Crippen LogP) is -0.0168. The Labute approximate surface area is 85.5 Å². The van der Waals surface area contributed by atoms with E-state index >= 15 is 0 Å². The van der Waals surface area contributed by atoms with Gasteiger partial charge in [0.1, 0.15) is 0 Å². The average molecular weight is 208 g/mol. The van der Waals surface area contributed by atoms with Crippen LogP contribution in [0.3, 0.4) is 0 Å². The van der Waals surface area contributed by atoms with Crippen molar-refractivity contribution in [3.05, 3.63) is 34.3 Å². The molecule has 0 spiro atoms. The fourth-order valence-corrected chi connectivity index (χ4v) is 1.48. The fraction of sp³-hybridized carbons (Fsp3) is 0.300. The highest BCUT2D eigenvalue weighted by Gasteiger charge is 2.06. The third kappa shape index (κ3) is 2.08. The average Bonchev–Trinajstić information content (AvgIpc) is 2.57. The van der Waals surface area contributed by atoms with E-state index < -0.39 is 11.9 Å². The van der Waals surface area contributed by atoms with Crippen molar-refractivity contribution in [1.82, 2.24) is 4.98 Å². The minimum Gasteiger partial charge on any atom is -0.408 e. The van der Waals surface area contributed by atoms with Gasteiger partial charge in [0.15, 0.2) is 5.58 Å². The SMILES string of the molecule is NCC(O)Cc1ccc2oc(=O)[nH]c2c1. The highest BCUT2D eigenvalue weighted by molar-refractivity contribution is 5.72. The summed E-state index contributed by atoms with van der Waals surface area (Å²) in [6.45, 7) is 0.222. The Morgan fingerprint density at radius 3 is 3.07 bits per heavy atom. The van der Waals surface area contributed by atoms with Gasteiger partial charge in [-0.25, -0.2) is 4.79 Å². The smallest absolute Gasteiger partial charge is 0.408 e. The van der Waals surface area contributed by atoms with Crippen LogP contribution in [0.4, 0.5) is 0 Å². The van der Waals surface area contributed by atoms with Crippen molar-refractivity contribution >= 4 is 11.1 Å². The van der Waals surface area contributed by atoms with Crippen molar-refractivity contribution in [2.24, 2.45) is 5.73 Å². The highest BCUT2D eigenvalue weighted by Crippen LogP contribution is 2.13. The van der Waals surface area contributed by atoms with Gasteiger partial charge in [-0.05, 0) is 24.1 Å². The summed E-state index contributed by atoms with van der Waals surface area (Å²) in [5, 5.41) is 9.37. The van der Waals surface area contributed by atoms with Crippen LogP contribution in [0.1, 0.15) is 5.56 Å². The lowest BCUT2D eigenvalue weighted by Gasteiger charge is -2.06. The monoisotopic (exact) mass is 208 g/mol. The van der Waals surface area contributed by atoms with E-state index in [0.29, 0.717) is 17.5 Å². The molecule has 1 heterocycles. The second kappa shape index (κ2) is 3.88. The molecule has 1 unspecified atom stereocenters. The molecule has 0 saturated heterocycles. The molecule has 2 rings (SSSR count). The molecule has 1 aromatic heterocycles. The lowest BCUT2D eigenvalue weighted by atomic mass is 10.1. The predicted molar refractivity (Wildman–Crippen MR) is 55.6 cm³/mol. The number of aliphatic hydroxyl groups is 1. The maximum absolute atomic E-state index is 10.9. The van der Waals surface area contributed by atoms with Crippen LogP contribution in [-0.2, 0) is 6.42 Å². The second-order valence-corrected chi connectivity index (χ2v) is 3.44. The van der Waals surface area contributed by atoms with Gasteiger partial charge in [-0.15, -0.1) is 0 Å². The van der Waals surface area contributed by atoms with Gasteiger partial charge in [0, 0.05) is 6.54 Å². The molecule has 5 heteroatoms. The molecule has 0 amide bonds. The molecule has 0 aliphatic rings. The molecular formula is C10H12N2O3. The minimum atomic E-state index is -0.555. The number of aromatic nitrogens is 1. The van der Waals surface area contributed by atoms with E-state index in [0.717, 1.165) is 5.56 Å². The number of fused-ring (bicyclic) bond motifs is 1. The zero-order valence-corrected chi connectivity index (χ0v) is 8.06. The number of benzene rings is 1. The first-order valence-corrected chi connectivity index (χ1v) is 4.69. The first kappa shape index (κ1) is 9.95. The third-order valence-corrected chi connectivity index (χ3v) is 2.23. The van der Waals surface area contributed by atoms with E-state index in [2.05, 4.69) is 4.98 Å². The van der Waals surface area contributed by atoms with E-state index in [9.17, 15) is 9.90 Å². The van der Waals surface area contributed by atoms with Crippen LogP contribution in [-0.4, -0.2) is 22.7 Å². The lowest BCUT2D eigenvalue weighted by Crippen LogP contribution is -2.21. The number of nitrogens with two attached hydrogens (primary N) is 1. The Hall–Kier alpha value is -1.59. The molecule has 5 nitrogen and oxygen atoms in total. The standard InChI is InChI=1S/C10H12N2O3/c11-5-7(13)3-6-1-2-9-8(4-6)12-10(14)15-9/h1-2,4,7,13H,3,5,11H2,(H,12,14). The summed E-state index contributed by atoms with van der Waals surface area (Å²) in [5.74, 6) is -0.471. The molecule has 0 aliphatic carbocycles. The van der Waals surface area contributed by atoms with Gasteiger partial charge in [0.25, 0.3) is 0 Å². The molecule has 1 aromatic carbocycles. The second-order valence-electron chi connectivity index (χ2n) is 3.44. The Balaban J connectivity index is 2.34. The van der Waals surface area contributed by atoms with E-state index in [1.54, 1.807) is 18.2 Å². The first-order valence-electron chi connectivity index (χ1n) is 4.69. The molecule has 0 aliphatic heterocycles. The van der Waals surface area contributed by atoms with Crippen LogP contribution in [0.15, 0.2) is 27.4 Å². The number of aromatic amines is 1. The van der Waals surface area contributed by atoms with Gasteiger partial charge in [-0.2, -0.15) is 0 Å². The molecule has 80 valence electrons. The lowest BCUT2D eigenvalue weighted by molar-refractivity contribution is 0.183. The van der Waals surface area contributed by atoms with Crippen molar-refractivity contribution in [3.63, 3.8) is 0 Å². The molecule has 1 atom stereocenters. The zero-order chi connectivity index (χ0) is 10.8. The minimum absolute atomic E-state index is 0.222. The number of aliphatic hydroxyl groups excluding tert-OH is 1. The summed E-state index contributed by atoms with van der Waals surface area (Å²) in [4.78, 5) is 13.4. The van der Waals surface area contributed by atoms with Crippen molar-refractivity contribution < 1.29 is 9.52 Å². The van der Waals surface area contributed by atoms with Crippen LogP contribution in [0.2, 0.25) is 0 Å². The number of hydrogen-bond acceptors (Lipinski definition) is 4. The van der Waals surface area contributed by atoms with Crippen LogP contribution in [0.5, 0.6) is 0 Å². The van der Waals surface area contributed by atoms with Gasteiger partial charge in [-0.3, -0.25) is 4.98 Å². The maximum atomic E-state index is 10.9. The number of nitrogens with one attached hydrogen (secondary N) is 1. The first-order chi connectivity index (χ1) is 7.19. The molecule has 15 heavy (non-hydrogen) atoms. The normalized spacial score (nSPS) is 13.2. The largest absolute Gasteiger partial charge is 0.417 e. The number of oxazole rings is 1. The Morgan fingerprint density at radius 2 is 2.33 bits per heavy atom. The highest BCUT2D eigenvalue weighted by atomic mass is 16.4. The summed E-state index contributed by atoms with van der Waals surface area (Å²) < 4.78 is 4.86. The number of H-pyrrole nitrogens is 1. The van der Waals surface area contributed by atoms with Gasteiger partial charge >= 0.3 is 5.76 Å². The molecule has 0 bridgehead atoms. The fourth-order valence-electron chi connectivity index (χ4n) is 1.48. The molecule has 0 radical (unpaired) electrons. The summed E-state index contributed by atoms with van der Waals surface area (Å²) in [6.07, 6.45) is -0.0827. The number of hydrogen-bond donors (Lipinski definition) is 3. The third-order valence-electron chi connectivity index (χ3n) is 2.23. The van der Waals surface area contributed by atoms with Crippen LogP contribution in [0, 0.1) is 0 Å². The molecule has 0 fully saturated rings. The Bertz CT molecular complexity index is 515. The van der Waals surface area contributed by atoms with Gasteiger partial charge in [0.2, 0.25) is 0 Å². The van der Waals surface area contributed by atoms with Crippen LogP contribution >= 0.6 is 0 Å². The van der Waals surface area contributed by atoms with E-state index in [4.69, 9.17) is 10.2 Å². The summed E-state index contributed by atoms with van der Waals surface area (Å²) in [7, 11) is 0. The number of rotatable bonds is 3. The summed E-state index contributed by atoms with van der Waals surface area (Å²) >= 11 is 0. The maximum Gasteiger partial charge on any atom is 0.417 e. The molecule has 4 N–H and O–H groups in total. The van der Waals surface area contributed by atoms with Crippen LogP contribution in [0.25, 0.3) is 11.1 Å². The Kier molecular flexibility index (Phi) is 2.57. The zero-order valence-electron chi connectivity index (χ0n) is 8.06. The topological polar surface area (TPSA) is 92.2 Å². The molecule has 2 aromatic rings. The van der Waals surface area contributed by atoms with Crippen molar-refractivity contribution in [1.29, 1.82) is 0 Å². The van der Waals surface area contributed by atoms with E-state index in [1.165, 1.54) is 0 Å². The van der Waals surface area contributed by atoms with E-state index in [1.807, 2.05) is 0 Å². The molecule has 0 saturated carbocycles. The molecular weight excluding hydrogens is 196 g/mol.